The Morgan fingerprint density at radius 2 is 2.00 bits per heavy atom. The lowest BCUT2D eigenvalue weighted by Crippen LogP contribution is -2.19. The lowest BCUT2D eigenvalue weighted by Gasteiger charge is -2.30. The summed E-state index contributed by atoms with van der Waals surface area (Å²) in [7, 11) is 0. The van der Waals surface area contributed by atoms with E-state index in [9.17, 15) is 0 Å². The predicted molar refractivity (Wildman–Crippen MR) is 88.0 cm³/mol. The Morgan fingerprint density at radius 3 is 2.60 bits per heavy atom. The standard InChI is InChI=1S/C16H26BrN3/c1-4-9-18-16-14(17)10-19-15(20-16)13-7-5-12(6-8-13)11(2)3/h10-13H,4-9H2,1-3H3,(H,18,19,20). The van der Waals surface area contributed by atoms with Gasteiger partial charge in [0.25, 0.3) is 0 Å². The lowest BCUT2D eigenvalue weighted by atomic mass is 9.77. The number of aromatic nitrogens is 2. The third-order valence-corrected chi connectivity index (χ3v) is 4.97. The summed E-state index contributed by atoms with van der Waals surface area (Å²) in [6.45, 7) is 7.80. The van der Waals surface area contributed by atoms with Crippen LogP contribution < -0.4 is 5.32 Å². The fourth-order valence-corrected chi connectivity index (χ4v) is 3.32. The first-order chi connectivity index (χ1) is 9.61. The Balaban J connectivity index is 2.02. The number of anilines is 1. The van der Waals surface area contributed by atoms with Crippen molar-refractivity contribution in [2.45, 2.75) is 58.8 Å². The molecule has 0 bridgehead atoms. The molecule has 0 aliphatic heterocycles. The highest BCUT2D eigenvalue weighted by Gasteiger charge is 2.26. The smallest absolute Gasteiger partial charge is 0.144 e. The van der Waals surface area contributed by atoms with Gasteiger partial charge in [-0.25, -0.2) is 9.97 Å². The SMILES string of the molecule is CCCNc1nc(C2CCC(C(C)C)CC2)ncc1Br. The van der Waals surface area contributed by atoms with Gasteiger partial charge in [-0.1, -0.05) is 20.8 Å². The van der Waals surface area contributed by atoms with Crippen molar-refractivity contribution >= 4 is 21.7 Å². The summed E-state index contributed by atoms with van der Waals surface area (Å²) in [6, 6.07) is 0. The van der Waals surface area contributed by atoms with Crippen molar-refractivity contribution in [2.24, 2.45) is 11.8 Å². The Hall–Kier alpha value is -0.640. The van der Waals surface area contributed by atoms with E-state index in [4.69, 9.17) is 4.98 Å². The molecule has 1 aromatic rings. The summed E-state index contributed by atoms with van der Waals surface area (Å²) < 4.78 is 0.963. The summed E-state index contributed by atoms with van der Waals surface area (Å²) in [5.41, 5.74) is 0. The summed E-state index contributed by atoms with van der Waals surface area (Å²) in [5, 5.41) is 3.37. The van der Waals surface area contributed by atoms with Gasteiger partial charge in [0.15, 0.2) is 0 Å². The molecule has 1 aromatic heterocycles. The van der Waals surface area contributed by atoms with Gasteiger partial charge >= 0.3 is 0 Å². The molecule has 0 atom stereocenters. The lowest BCUT2D eigenvalue weighted by molar-refractivity contribution is 0.255. The van der Waals surface area contributed by atoms with Crippen molar-refractivity contribution in [1.29, 1.82) is 0 Å². The van der Waals surface area contributed by atoms with E-state index in [-0.39, 0.29) is 0 Å². The first-order valence-electron chi connectivity index (χ1n) is 7.88. The van der Waals surface area contributed by atoms with Crippen molar-refractivity contribution in [3.63, 3.8) is 0 Å². The van der Waals surface area contributed by atoms with Gasteiger partial charge in [-0.2, -0.15) is 0 Å². The molecule has 2 rings (SSSR count). The molecular formula is C16H26BrN3. The van der Waals surface area contributed by atoms with Crippen LogP contribution in [-0.2, 0) is 0 Å². The molecular weight excluding hydrogens is 314 g/mol. The summed E-state index contributed by atoms with van der Waals surface area (Å²) in [5.74, 6) is 4.21. The molecule has 0 amide bonds. The van der Waals surface area contributed by atoms with Gasteiger partial charge in [0.05, 0.1) is 4.47 Å². The predicted octanol–water partition coefficient (Wildman–Crippen LogP) is 4.99. The van der Waals surface area contributed by atoms with Gasteiger partial charge in [-0.15, -0.1) is 0 Å². The molecule has 0 unspecified atom stereocenters. The van der Waals surface area contributed by atoms with Crippen LogP contribution in [0.15, 0.2) is 10.7 Å². The second kappa shape index (κ2) is 7.39. The molecule has 3 nitrogen and oxygen atoms in total. The zero-order valence-corrected chi connectivity index (χ0v) is 14.4. The Morgan fingerprint density at radius 1 is 1.30 bits per heavy atom. The molecule has 0 spiro atoms. The Labute approximate surface area is 131 Å². The van der Waals surface area contributed by atoms with Crippen LogP contribution in [0.3, 0.4) is 0 Å². The molecule has 1 aliphatic rings. The van der Waals surface area contributed by atoms with Crippen molar-refractivity contribution < 1.29 is 0 Å². The zero-order valence-electron chi connectivity index (χ0n) is 12.8. The molecule has 112 valence electrons. The Kier molecular flexibility index (Phi) is 5.82. The second-order valence-corrected chi connectivity index (χ2v) is 7.06. The van der Waals surface area contributed by atoms with E-state index in [2.05, 4.69) is 47.0 Å². The maximum atomic E-state index is 4.73. The van der Waals surface area contributed by atoms with E-state index < -0.39 is 0 Å². The van der Waals surface area contributed by atoms with Crippen LogP contribution in [0.25, 0.3) is 0 Å². The van der Waals surface area contributed by atoms with Crippen LogP contribution in [-0.4, -0.2) is 16.5 Å². The number of nitrogens with one attached hydrogen (secondary N) is 1. The average Bonchev–Trinajstić information content (AvgIpc) is 2.46. The van der Waals surface area contributed by atoms with Gasteiger partial charge in [0.2, 0.25) is 0 Å². The number of hydrogen-bond acceptors (Lipinski definition) is 3. The third-order valence-electron chi connectivity index (χ3n) is 4.38. The minimum absolute atomic E-state index is 0.542. The average molecular weight is 340 g/mol. The van der Waals surface area contributed by atoms with E-state index in [0.29, 0.717) is 5.92 Å². The molecule has 1 fully saturated rings. The molecule has 1 N–H and O–H groups in total. The van der Waals surface area contributed by atoms with Crippen LogP contribution in [0, 0.1) is 11.8 Å². The van der Waals surface area contributed by atoms with E-state index >= 15 is 0 Å². The highest BCUT2D eigenvalue weighted by atomic mass is 79.9. The van der Waals surface area contributed by atoms with Crippen LogP contribution in [0.1, 0.15) is 64.6 Å². The van der Waals surface area contributed by atoms with E-state index in [1.165, 1.54) is 25.7 Å². The van der Waals surface area contributed by atoms with Gasteiger partial charge in [0, 0.05) is 18.7 Å². The molecule has 0 aromatic carbocycles. The molecule has 1 heterocycles. The first-order valence-corrected chi connectivity index (χ1v) is 8.67. The second-order valence-electron chi connectivity index (χ2n) is 6.21. The quantitative estimate of drug-likeness (QED) is 0.820. The van der Waals surface area contributed by atoms with Crippen LogP contribution in [0.5, 0.6) is 0 Å². The van der Waals surface area contributed by atoms with E-state index in [1.54, 1.807) is 0 Å². The zero-order chi connectivity index (χ0) is 14.5. The highest BCUT2D eigenvalue weighted by Crippen LogP contribution is 2.38. The van der Waals surface area contributed by atoms with Crippen molar-refractivity contribution in [3.05, 3.63) is 16.5 Å². The van der Waals surface area contributed by atoms with Crippen molar-refractivity contribution in [3.8, 4) is 0 Å². The molecule has 4 heteroatoms. The topological polar surface area (TPSA) is 37.8 Å². The van der Waals surface area contributed by atoms with Crippen molar-refractivity contribution in [2.75, 3.05) is 11.9 Å². The normalized spacial score (nSPS) is 23.1. The monoisotopic (exact) mass is 339 g/mol. The van der Waals surface area contributed by atoms with Gasteiger partial charge in [-0.05, 0) is 59.9 Å². The maximum absolute atomic E-state index is 4.73. The van der Waals surface area contributed by atoms with Gasteiger partial charge < -0.3 is 5.32 Å². The summed E-state index contributed by atoms with van der Waals surface area (Å²) in [6.07, 6.45) is 8.11. The molecule has 1 aliphatic carbocycles. The maximum Gasteiger partial charge on any atom is 0.144 e. The fourth-order valence-electron chi connectivity index (χ4n) is 2.99. The van der Waals surface area contributed by atoms with Crippen molar-refractivity contribution in [1.82, 2.24) is 9.97 Å². The minimum atomic E-state index is 0.542. The number of rotatable bonds is 5. The van der Waals surface area contributed by atoms with Crippen LogP contribution in [0.2, 0.25) is 0 Å². The summed E-state index contributed by atoms with van der Waals surface area (Å²) >= 11 is 3.53. The fraction of sp³-hybridized carbons (Fsp3) is 0.750. The largest absolute Gasteiger partial charge is 0.369 e. The third kappa shape index (κ3) is 3.94. The number of hydrogen-bond donors (Lipinski definition) is 1. The summed E-state index contributed by atoms with van der Waals surface area (Å²) in [4.78, 5) is 9.28. The molecule has 1 saturated carbocycles. The van der Waals surface area contributed by atoms with Crippen LogP contribution >= 0.6 is 15.9 Å². The number of halogens is 1. The minimum Gasteiger partial charge on any atom is -0.369 e. The Bertz CT molecular complexity index is 426. The molecule has 0 radical (unpaired) electrons. The highest BCUT2D eigenvalue weighted by molar-refractivity contribution is 9.10. The molecule has 0 saturated heterocycles. The van der Waals surface area contributed by atoms with Crippen LogP contribution in [0.4, 0.5) is 5.82 Å². The number of nitrogens with zero attached hydrogens (tertiary/aromatic N) is 2. The van der Waals surface area contributed by atoms with E-state index in [1.807, 2.05) is 6.20 Å². The molecule has 20 heavy (non-hydrogen) atoms. The van der Waals surface area contributed by atoms with E-state index in [0.717, 1.165) is 40.9 Å². The first kappa shape index (κ1) is 15.7. The van der Waals surface area contributed by atoms with Gasteiger partial charge in [0.1, 0.15) is 11.6 Å². The van der Waals surface area contributed by atoms with Gasteiger partial charge in [-0.3, -0.25) is 0 Å².